The van der Waals surface area contributed by atoms with Gasteiger partial charge in [0.1, 0.15) is 5.75 Å². The summed E-state index contributed by atoms with van der Waals surface area (Å²) in [5, 5.41) is 2.93. The fraction of sp³-hybridized carbons (Fsp3) is 0.412. The van der Waals surface area contributed by atoms with Gasteiger partial charge < -0.3 is 10.1 Å². The van der Waals surface area contributed by atoms with Crippen LogP contribution in [0.25, 0.3) is 0 Å². The number of aromatic nitrogens is 2. The van der Waals surface area contributed by atoms with E-state index in [-0.39, 0.29) is 5.41 Å². The van der Waals surface area contributed by atoms with E-state index >= 15 is 0 Å². The lowest BCUT2D eigenvalue weighted by Gasteiger charge is -2.23. The maximum absolute atomic E-state index is 6.10. The Balaban J connectivity index is 2.46. The number of anilines is 1. The van der Waals surface area contributed by atoms with Crippen molar-refractivity contribution in [1.82, 2.24) is 9.97 Å². The smallest absolute Gasteiger partial charge is 0.226 e. The molecule has 21 heavy (non-hydrogen) atoms. The molecule has 0 spiro atoms. The molecule has 0 aliphatic carbocycles. The van der Waals surface area contributed by atoms with E-state index in [0.717, 1.165) is 16.9 Å². The average Bonchev–Trinajstić information content (AvgIpc) is 2.40. The van der Waals surface area contributed by atoms with E-state index in [1.165, 1.54) is 5.56 Å². The van der Waals surface area contributed by atoms with Crippen molar-refractivity contribution in [3.63, 3.8) is 0 Å². The molecule has 1 aromatic heterocycles. The van der Waals surface area contributed by atoms with Crippen molar-refractivity contribution in [3.8, 4) is 11.6 Å². The third kappa shape index (κ3) is 3.51. The molecular weight excluding hydrogens is 262 g/mol. The van der Waals surface area contributed by atoms with Crippen molar-refractivity contribution in [2.75, 3.05) is 12.4 Å². The summed E-state index contributed by atoms with van der Waals surface area (Å²) >= 11 is 0. The second kappa shape index (κ2) is 5.72. The van der Waals surface area contributed by atoms with Crippen LogP contribution in [0.1, 0.15) is 37.5 Å². The summed E-state index contributed by atoms with van der Waals surface area (Å²) in [5.74, 6) is 2.00. The van der Waals surface area contributed by atoms with Gasteiger partial charge in [-0.2, -0.15) is 4.98 Å². The number of benzene rings is 1. The van der Waals surface area contributed by atoms with Crippen molar-refractivity contribution in [2.24, 2.45) is 0 Å². The lowest BCUT2D eigenvalue weighted by molar-refractivity contribution is 0.436. The fourth-order valence-electron chi connectivity index (χ4n) is 2.09. The molecular formula is C17H23N3O. The third-order valence-electron chi connectivity index (χ3n) is 3.30. The largest absolute Gasteiger partial charge is 0.438 e. The summed E-state index contributed by atoms with van der Waals surface area (Å²) in [6, 6.07) is 6.29. The highest BCUT2D eigenvalue weighted by Gasteiger charge is 2.20. The van der Waals surface area contributed by atoms with Gasteiger partial charge in [-0.3, -0.25) is 0 Å². The first-order valence-electron chi connectivity index (χ1n) is 7.11. The molecule has 0 radical (unpaired) electrons. The van der Waals surface area contributed by atoms with Gasteiger partial charge in [-0.05, 0) is 30.9 Å². The van der Waals surface area contributed by atoms with Gasteiger partial charge in [-0.25, -0.2) is 4.98 Å². The SMILES string of the molecule is CNc1ncc(C)c(Oc2cc(C)ccc2C(C)(C)C)n1. The zero-order valence-electron chi connectivity index (χ0n) is 13.6. The van der Waals surface area contributed by atoms with Crippen LogP contribution in [0.15, 0.2) is 24.4 Å². The summed E-state index contributed by atoms with van der Waals surface area (Å²) in [5.41, 5.74) is 3.25. The van der Waals surface area contributed by atoms with Crippen molar-refractivity contribution < 1.29 is 4.74 Å². The minimum atomic E-state index is 0.00973. The molecule has 0 atom stereocenters. The van der Waals surface area contributed by atoms with Crippen LogP contribution in [0.5, 0.6) is 11.6 Å². The summed E-state index contributed by atoms with van der Waals surface area (Å²) in [4.78, 5) is 8.58. The number of nitrogens with zero attached hydrogens (tertiary/aromatic N) is 2. The molecule has 0 fully saturated rings. The molecule has 0 saturated heterocycles. The van der Waals surface area contributed by atoms with Crippen LogP contribution in [0.4, 0.5) is 5.95 Å². The van der Waals surface area contributed by atoms with Crippen LogP contribution in [0.3, 0.4) is 0 Å². The first kappa shape index (κ1) is 15.3. The standard InChI is InChI=1S/C17H23N3O/c1-11-7-8-13(17(3,4)5)14(9-11)21-15-12(2)10-19-16(18-6)20-15/h7-10H,1-6H3,(H,18,19,20). The Labute approximate surface area is 126 Å². The van der Waals surface area contributed by atoms with Gasteiger partial charge >= 0.3 is 0 Å². The molecule has 0 unspecified atom stereocenters. The molecule has 4 heteroatoms. The monoisotopic (exact) mass is 285 g/mol. The van der Waals surface area contributed by atoms with Crippen LogP contribution in [0.2, 0.25) is 0 Å². The van der Waals surface area contributed by atoms with E-state index in [9.17, 15) is 0 Å². The van der Waals surface area contributed by atoms with E-state index in [1.807, 2.05) is 6.92 Å². The summed E-state index contributed by atoms with van der Waals surface area (Å²) < 4.78 is 6.10. The second-order valence-electron chi connectivity index (χ2n) is 6.28. The molecule has 112 valence electrons. The Morgan fingerprint density at radius 3 is 2.48 bits per heavy atom. The maximum Gasteiger partial charge on any atom is 0.226 e. The first-order chi connectivity index (χ1) is 9.81. The topological polar surface area (TPSA) is 47.0 Å². The zero-order chi connectivity index (χ0) is 15.6. The molecule has 2 rings (SSSR count). The van der Waals surface area contributed by atoms with E-state index in [2.05, 4.69) is 61.2 Å². The van der Waals surface area contributed by atoms with Crippen molar-refractivity contribution in [3.05, 3.63) is 41.1 Å². The molecule has 0 aliphatic heterocycles. The number of rotatable bonds is 3. The molecule has 0 bridgehead atoms. The van der Waals surface area contributed by atoms with Gasteiger partial charge in [-0.1, -0.05) is 32.9 Å². The number of ether oxygens (including phenoxy) is 1. The van der Waals surface area contributed by atoms with Crippen molar-refractivity contribution in [2.45, 2.75) is 40.0 Å². The fourth-order valence-corrected chi connectivity index (χ4v) is 2.09. The number of nitrogens with one attached hydrogen (secondary N) is 1. The van der Waals surface area contributed by atoms with Crippen LogP contribution in [-0.2, 0) is 5.41 Å². The molecule has 0 amide bonds. The molecule has 0 saturated carbocycles. The minimum Gasteiger partial charge on any atom is -0.438 e. The maximum atomic E-state index is 6.10. The average molecular weight is 285 g/mol. The summed E-state index contributed by atoms with van der Waals surface area (Å²) in [7, 11) is 1.79. The Morgan fingerprint density at radius 2 is 1.86 bits per heavy atom. The predicted octanol–water partition coefficient (Wildman–Crippen LogP) is 4.22. The van der Waals surface area contributed by atoms with Crippen molar-refractivity contribution >= 4 is 5.95 Å². The highest BCUT2D eigenvalue weighted by molar-refractivity contribution is 5.44. The minimum absolute atomic E-state index is 0.00973. The first-order valence-corrected chi connectivity index (χ1v) is 7.11. The van der Waals surface area contributed by atoms with Crippen LogP contribution in [-0.4, -0.2) is 17.0 Å². The number of hydrogen-bond donors (Lipinski definition) is 1. The Morgan fingerprint density at radius 1 is 1.14 bits per heavy atom. The normalized spacial score (nSPS) is 11.3. The molecule has 2 aromatic rings. The van der Waals surface area contributed by atoms with E-state index in [0.29, 0.717) is 11.8 Å². The van der Waals surface area contributed by atoms with Crippen LogP contribution >= 0.6 is 0 Å². The van der Waals surface area contributed by atoms with Crippen LogP contribution in [0, 0.1) is 13.8 Å². The number of aryl methyl sites for hydroxylation is 2. The Hall–Kier alpha value is -2.10. The predicted molar refractivity (Wildman–Crippen MR) is 86.3 cm³/mol. The molecule has 1 N–H and O–H groups in total. The molecule has 0 aliphatic rings. The van der Waals surface area contributed by atoms with Crippen molar-refractivity contribution in [1.29, 1.82) is 0 Å². The highest BCUT2D eigenvalue weighted by Crippen LogP contribution is 2.35. The van der Waals surface area contributed by atoms with Gasteiger partial charge in [0.25, 0.3) is 0 Å². The lowest BCUT2D eigenvalue weighted by Crippen LogP contribution is -2.13. The Bertz CT molecular complexity index is 645. The quantitative estimate of drug-likeness (QED) is 0.917. The number of hydrogen-bond acceptors (Lipinski definition) is 4. The van der Waals surface area contributed by atoms with Gasteiger partial charge in [0.2, 0.25) is 11.8 Å². The lowest BCUT2D eigenvalue weighted by atomic mass is 9.86. The van der Waals surface area contributed by atoms with E-state index < -0.39 is 0 Å². The van der Waals surface area contributed by atoms with E-state index in [4.69, 9.17) is 4.74 Å². The van der Waals surface area contributed by atoms with Gasteiger partial charge in [0.15, 0.2) is 0 Å². The van der Waals surface area contributed by atoms with Gasteiger partial charge in [0.05, 0.1) is 0 Å². The second-order valence-corrected chi connectivity index (χ2v) is 6.28. The molecule has 4 nitrogen and oxygen atoms in total. The van der Waals surface area contributed by atoms with E-state index in [1.54, 1.807) is 13.2 Å². The van der Waals surface area contributed by atoms with Crippen LogP contribution < -0.4 is 10.1 Å². The molecule has 1 heterocycles. The summed E-state index contributed by atoms with van der Waals surface area (Å²) in [6.07, 6.45) is 1.76. The third-order valence-corrected chi connectivity index (χ3v) is 3.30. The molecule has 1 aromatic carbocycles. The summed E-state index contributed by atoms with van der Waals surface area (Å²) in [6.45, 7) is 10.5. The Kier molecular flexibility index (Phi) is 4.16. The van der Waals surface area contributed by atoms with Gasteiger partial charge in [-0.15, -0.1) is 0 Å². The van der Waals surface area contributed by atoms with Gasteiger partial charge in [0, 0.05) is 24.4 Å². The highest BCUT2D eigenvalue weighted by atomic mass is 16.5. The zero-order valence-corrected chi connectivity index (χ0v) is 13.6.